The average molecular weight is 174 g/mol. The lowest BCUT2D eigenvalue weighted by Gasteiger charge is -2.06. The number of epoxide rings is 1. The minimum Gasteiger partial charge on any atom is -0.369 e. The third-order valence-electron chi connectivity index (χ3n) is 1.88. The van der Waals surface area contributed by atoms with Gasteiger partial charge in [-0.15, -0.1) is 0 Å². The molecule has 1 unspecified atom stereocenters. The smallest absolute Gasteiger partial charge is 0.0978 e. The Balaban J connectivity index is 1.88. The van der Waals surface area contributed by atoms with Crippen LogP contribution in [0.15, 0.2) is 0 Å². The van der Waals surface area contributed by atoms with Crippen molar-refractivity contribution in [2.24, 2.45) is 5.92 Å². The van der Waals surface area contributed by atoms with Crippen LogP contribution in [0.2, 0.25) is 0 Å². The van der Waals surface area contributed by atoms with E-state index in [0.717, 1.165) is 12.5 Å². The largest absolute Gasteiger partial charge is 0.369 e. The summed E-state index contributed by atoms with van der Waals surface area (Å²) < 4.78 is 5.28. The maximum Gasteiger partial charge on any atom is 0.0978 e. The lowest BCUT2D eigenvalue weighted by atomic mass is 10.2. The first-order chi connectivity index (χ1) is 5.12. The van der Waals surface area contributed by atoms with Crippen molar-refractivity contribution in [2.75, 3.05) is 18.1 Å². The summed E-state index contributed by atoms with van der Waals surface area (Å²) in [5.41, 5.74) is 0.252. The molecule has 2 heteroatoms. The lowest BCUT2D eigenvalue weighted by molar-refractivity contribution is 0.348. The highest BCUT2D eigenvalue weighted by atomic mass is 32.2. The maximum atomic E-state index is 5.28. The van der Waals surface area contributed by atoms with E-state index in [0.29, 0.717) is 0 Å². The predicted octanol–water partition coefficient (Wildman–Crippen LogP) is 2.55. The molecule has 0 aromatic carbocycles. The Hall–Kier alpha value is 0.310. The van der Waals surface area contributed by atoms with Gasteiger partial charge in [0.1, 0.15) is 0 Å². The molecule has 66 valence electrons. The summed E-state index contributed by atoms with van der Waals surface area (Å²) in [4.78, 5) is 0. The van der Waals surface area contributed by atoms with Gasteiger partial charge >= 0.3 is 0 Å². The van der Waals surface area contributed by atoms with E-state index < -0.39 is 0 Å². The standard InChI is InChI=1S/C9H18OS/c1-8(2)4-5-11-7-9(3)6-10-9/h8H,4-7H2,1-3H3. The van der Waals surface area contributed by atoms with Gasteiger partial charge in [-0.25, -0.2) is 0 Å². The summed E-state index contributed by atoms with van der Waals surface area (Å²) in [6, 6.07) is 0. The van der Waals surface area contributed by atoms with E-state index in [1.807, 2.05) is 11.8 Å². The van der Waals surface area contributed by atoms with Crippen LogP contribution in [0.25, 0.3) is 0 Å². The fourth-order valence-electron chi connectivity index (χ4n) is 0.814. The number of thioether (sulfide) groups is 1. The van der Waals surface area contributed by atoms with Crippen molar-refractivity contribution in [3.63, 3.8) is 0 Å². The summed E-state index contributed by atoms with van der Waals surface area (Å²) in [6.07, 6.45) is 1.33. The quantitative estimate of drug-likeness (QED) is 0.469. The molecule has 1 nitrogen and oxygen atoms in total. The van der Waals surface area contributed by atoms with Gasteiger partial charge in [0, 0.05) is 5.75 Å². The van der Waals surface area contributed by atoms with Gasteiger partial charge in [0.15, 0.2) is 0 Å². The Bertz CT molecular complexity index is 119. The van der Waals surface area contributed by atoms with Crippen molar-refractivity contribution in [1.29, 1.82) is 0 Å². The van der Waals surface area contributed by atoms with Crippen LogP contribution < -0.4 is 0 Å². The van der Waals surface area contributed by atoms with E-state index in [2.05, 4.69) is 20.8 Å². The van der Waals surface area contributed by atoms with Crippen molar-refractivity contribution in [3.8, 4) is 0 Å². The highest BCUT2D eigenvalue weighted by Crippen LogP contribution is 2.30. The number of hydrogen-bond acceptors (Lipinski definition) is 2. The Morgan fingerprint density at radius 1 is 1.55 bits per heavy atom. The van der Waals surface area contributed by atoms with Gasteiger partial charge in [0.05, 0.1) is 12.2 Å². The van der Waals surface area contributed by atoms with Gasteiger partial charge in [-0.1, -0.05) is 13.8 Å². The second-order valence-electron chi connectivity index (χ2n) is 3.97. The molecule has 0 saturated carbocycles. The molecule has 0 aliphatic carbocycles. The van der Waals surface area contributed by atoms with Crippen LogP contribution in [0, 0.1) is 5.92 Å². The fraction of sp³-hybridized carbons (Fsp3) is 1.00. The molecule has 0 bridgehead atoms. The highest BCUT2D eigenvalue weighted by molar-refractivity contribution is 7.99. The van der Waals surface area contributed by atoms with Crippen molar-refractivity contribution < 1.29 is 4.74 Å². The average Bonchev–Trinajstić information content (AvgIpc) is 2.62. The van der Waals surface area contributed by atoms with Crippen molar-refractivity contribution in [3.05, 3.63) is 0 Å². The van der Waals surface area contributed by atoms with Crippen LogP contribution in [0.4, 0.5) is 0 Å². The molecule has 0 amide bonds. The first-order valence-corrected chi connectivity index (χ1v) is 5.49. The Labute approximate surface area is 73.9 Å². The maximum absolute atomic E-state index is 5.28. The number of hydrogen-bond donors (Lipinski definition) is 0. The van der Waals surface area contributed by atoms with Gasteiger partial charge in [0.2, 0.25) is 0 Å². The van der Waals surface area contributed by atoms with Gasteiger partial charge in [0.25, 0.3) is 0 Å². The zero-order chi connectivity index (χ0) is 8.32. The molecule has 0 aromatic rings. The topological polar surface area (TPSA) is 12.5 Å². The van der Waals surface area contributed by atoms with Crippen LogP contribution in [-0.2, 0) is 4.74 Å². The molecule has 1 aliphatic rings. The van der Waals surface area contributed by atoms with Gasteiger partial charge in [-0.2, -0.15) is 11.8 Å². The van der Waals surface area contributed by atoms with Gasteiger partial charge in [-0.05, 0) is 25.0 Å². The number of rotatable bonds is 5. The van der Waals surface area contributed by atoms with E-state index in [1.54, 1.807) is 0 Å². The van der Waals surface area contributed by atoms with Crippen molar-refractivity contribution in [2.45, 2.75) is 32.8 Å². The molecule has 0 spiro atoms. The lowest BCUT2D eigenvalue weighted by Crippen LogP contribution is -2.08. The van der Waals surface area contributed by atoms with Crippen LogP contribution in [0.1, 0.15) is 27.2 Å². The summed E-state index contributed by atoms with van der Waals surface area (Å²) in [5.74, 6) is 3.31. The molecule has 0 aromatic heterocycles. The second-order valence-corrected chi connectivity index (χ2v) is 5.08. The second kappa shape index (κ2) is 3.81. The van der Waals surface area contributed by atoms with Crippen LogP contribution in [0.5, 0.6) is 0 Å². The van der Waals surface area contributed by atoms with Crippen LogP contribution >= 0.6 is 11.8 Å². The van der Waals surface area contributed by atoms with E-state index in [1.165, 1.54) is 17.9 Å². The minimum atomic E-state index is 0.252. The third-order valence-corrected chi connectivity index (χ3v) is 3.22. The first-order valence-electron chi connectivity index (χ1n) is 4.34. The summed E-state index contributed by atoms with van der Waals surface area (Å²) in [5, 5.41) is 0. The Morgan fingerprint density at radius 2 is 2.18 bits per heavy atom. The van der Waals surface area contributed by atoms with E-state index >= 15 is 0 Å². The molecule has 1 aliphatic heterocycles. The molecule has 1 saturated heterocycles. The van der Waals surface area contributed by atoms with Gasteiger partial charge < -0.3 is 4.74 Å². The van der Waals surface area contributed by atoms with Crippen molar-refractivity contribution in [1.82, 2.24) is 0 Å². The summed E-state index contributed by atoms with van der Waals surface area (Å²) in [6.45, 7) is 7.71. The predicted molar refractivity (Wildman–Crippen MR) is 51.1 cm³/mol. The van der Waals surface area contributed by atoms with Crippen molar-refractivity contribution >= 4 is 11.8 Å². The molecule has 1 atom stereocenters. The highest BCUT2D eigenvalue weighted by Gasteiger charge is 2.38. The Kier molecular flexibility index (Phi) is 3.26. The molecule has 11 heavy (non-hydrogen) atoms. The number of ether oxygens (including phenoxy) is 1. The van der Waals surface area contributed by atoms with Crippen LogP contribution in [0.3, 0.4) is 0 Å². The zero-order valence-corrected chi connectivity index (χ0v) is 8.54. The van der Waals surface area contributed by atoms with E-state index in [4.69, 9.17) is 4.74 Å². The normalized spacial score (nSPS) is 29.5. The SMILES string of the molecule is CC(C)CCSCC1(C)CO1. The molecule has 1 rings (SSSR count). The third kappa shape index (κ3) is 4.02. The van der Waals surface area contributed by atoms with E-state index in [9.17, 15) is 0 Å². The van der Waals surface area contributed by atoms with Gasteiger partial charge in [-0.3, -0.25) is 0 Å². The Morgan fingerprint density at radius 3 is 2.64 bits per heavy atom. The van der Waals surface area contributed by atoms with Crippen LogP contribution in [-0.4, -0.2) is 23.7 Å². The molecule has 0 N–H and O–H groups in total. The molecular formula is C9H18OS. The summed E-state index contributed by atoms with van der Waals surface area (Å²) in [7, 11) is 0. The molecular weight excluding hydrogens is 156 g/mol. The fourth-order valence-corrected chi connectivity index (χ4v) is 2.19. The molecule has 1 fully saturated rings. The first kappa shape index (κ1) is 9.40. The minimum absolute atomic E-state index is 0.252. The molecule has 1 heterocycles. The monoisotopic (exact) mass is 174 g/mol. The zero-order valence-electron chi connectivity index (χ0n) is 7.72. The van der Waals surface area contributed by atoms with E-state index in [-0.39, 0.29) is 5.60 Å². The molecule has 0 radical (unpaired) electrons. The summed E-state index contributed by atoms with van der Waals surface area (Å²) >= 11 is 2.03.